The Morgan fingerprint density at radius 1 is 0.492 bits per heavy atom. The first-order valence-corrected chi connectivity index (χ1v) is 21.3. The predicted octanol–water partition coefficient (Wildman–Crippen LogP) is 12.9. The van der Waals surface area contributed by atoms with Crippen molar-refractivity contribution in [1.29, 1.82) is 0 Å². The Hall–Kier alpha value is -8.34. The number of fused-ring (bicyclic) bond motifs is 9. The topological polar surface area (TPSA) is 113 Å². The number of furan rings is 1. The van der Waals surface area contributed by atoms with Crippen molar-refractivity contribution in [3.8, 4) is 45.0 Å². The summed E-state index contributed by atoms with van der Waals surface area (Å²) in [6, 6.07) is 52.8. The fourth-order valence-electron chi connectivity index (χ4n) is 8.92. The van der Waals surface area contributed by atoms with Crippen molar-refractivity contribution in [2.45, 2.75) is 4.90 Å². The van der Waals surface area contributed by atoms with Gasteiger partial charge in [0.1, 0.15) is 11.2 Å². The fraction of sp³-hybridized carbons (Fsp3) is 0. The number of nitrogens with two attached hydrogens (primary N) is 1. The monoisotopic (exact) mass is 830 g/mol. The Kier molecular flexibility index (Phi) is 8.68. The largest absolute Gasteiger partial charge is 0.456 e. The molecular weight excluding hydrogens is 797 g/mol. The van der Waals surface area contributed by atoms with Crippen molar-refractivity contribution in [3.63, 3.8) is 0 Å². The van der Waals surface area contributed by atoms with Crippen molar-refractivity contribution in [2.75, 3.05) is 0 Å². The minimum absolute atomic E-state index is 0.692. The highest BCUT2D eigenvalue weighted by Crippen LogP contribution is 2.41. The molecule has 0 radical (unpaired) electrons. The first kappa shape index (κ1) is 36.5. The highest BCUT2D eigenvalue weighted by molar-refractivity contribution is 7.98. The van der Waals surface area contributed by atoms with E-state index in [0.717, 1.165) is 110 Å². The second-order valence-electron chi connectivity index (χ2n) is 15.2. The number of hydrogen-bond donors (Lipinski definition) is 1. The van der Waals surface area contributed by atoms with Gasteiger partial charge in [0.05, 0.1) is 33.1 Å². The van der Waals surface area contributed by atoms with E-state index in [9.17, 15) is 0 Å². The normalized spacial score (nSPS) is 12.1. The zero-order valence-corrected chi connectivity index (χ0v) is 34.3. The lowest BCUT2D eigenvalue weighted by molar-refractivity contribution is 0.669. The highest BCUT2D eigenvalue weighted by atomic mass is 32.2. The zero-order valence-electron chi connectivity index (χ0n) is 33.5. The molecule has 0 spiro atoms. The van der Waals surface area contributed by atoms with Gasteiger partial charge in [0.15, 0.2) is 5.82 Å². The molecular formula is C53H34N8OS. The summed E-state index contributed by atoms with van der Waals surface area (Å²) in [6.07, 6.45) is 12.2. The molecule has 6 heterocycles. The highest BCUT2D eigenvalue weighted by Gasteiger charge is 2.20. The van der Waals surface area contributed by atoms with Crippen LogP contribution in [0.15, 0.2) is 202 Å². The molecule has 0 saturated carbocycles. The number of hydrogen-bond acceptors (Lipinski definition) is 8. The van der Waals surface area contributed by atoms with Crippen LogP contribution in [0.5, 0.6) is 0 Å². The van der Waals surface area contributed by atoms with Gasteiger partial charge in [-0.05, 0) is 132 Å². The lowest BCUT2D eigenvalue weighted by Crippen LogP contribution is -1.94. The predicted molar refractivity (Wildman–Crippen MR) is 258 cm³/mol. The van der Waals surface area contributed by atoms with Gasteiger partial charge in [-0.15, -0.1) is 0 Å². The molecule has 0 unspecified atom stereocenters. The summed E-state index contributed by atoms with van der Waals surface area (Å²) in [5.74, 6) is 0.692. The summed E-state index contributed by atoms with van der Waals surface area (Å²) in [4.78, 5) is 20.0. The SMILES string of the molecule is N/C=C\C=NSc1ccccc1-c1ccc2c(c1)c1ncccc1n2-c1ccc2oc3ccc(-n4c5ccc(-c6ccccc6-c6ncccn6)cc5c5ncccc54)cc3c2c1. The summed E-state index contributed by atoms with van der Waals surface area (Å²) in [6.45, 7) is 0. The molecule has 0 aliphatic rings. The van der Waals surface area contributed by atoms with Crippen molar-refractivity contribution < 1.29 is 4.42 Å². The van der Waals surface area contributed by atoms with Crippen molar-refractivity contribution in [3.05, 3.63) is 189 Å². The smallest absolute Gasteiger partial charge is 0.159 e. The summed E-state index contributed by atoms with van der Waals surface area (Å²) in [5.41, 5.74) is 20.5. The molecule has 0 aliphatic carbocycles. The third-order valence-corrected chi connectivity index (χ3v) is 12.4. The Bertz CT molecular complexity index is 3810. The van der Waals surface area contributed by atoms with Crippen LogP contribution < -0.4 is 5.73 Å². The van der Waals surface area contributed by atoms with E-state index in [1.165, 1.54) is 18.1 Å². The van der Waals surface area contributed by atoms with Gasteiger partial charge in [-0.2, -0.15) is 0 Å². The van der Waals surface area contributed by atoms with Crippen LogP contribution in [-0.4, -0.2) is 35.3 Å². The molecule has 0 bridgehead atoms. The molecule has 0 fully saturated rings. The molecule has 9 nitrogen and oxygen atoms in total. The molecule has 298 valence electrons. The summed E-state index contributed by atoms with van der Waals surface area (Å²) >= 11 is 1.42. The Morgan fingerprint density at radius 3 is 1.67 bits per heavy atom. The average Bonchev–Trinajstić information content (AvgIpc) is 4.00. The van der Waals surface area contributed by atoms with E-state index < -0.39 is 0 Å². The number of nitrogens with zero attached hydrogens (tertiary/aromatic N) is 7. The second-order valence-corrected chi connectivity index (χ2v) is 16.0. The van der Waals surface area contributed by atoms with Gasteiger partial charge in [-0.25, -0.2) is 14.4 Å². The van der Waals surface area contributed by atoms with E-state index in [2.05, 4.69) is 145 Å². The molecule has 2 N–H and O–H groups in total. The van der Waals surface area contributed by atoms with E-state index in [1.807, 2.05) is 42.7 Å². The van der Waals surface area contributed by atoms with E-state index >= 15 is 0 Å². The third kappa shape index (κ3) is 6.07. The minimum atomic E-state index is 0.692. The lowest BCUT2D eigenvalue weighted by Gasteiger charge is -2.11. The van der Waals surface area contributed by atoms with Crippen molar-refractivity contribution in [2.24, 2.45) is 10.1 Å². The molecule has 0 aliphatic heterocycles. The van der Waals surface area contributed by atoms with Gasteiger partial charge in [0.25, 0.3) is 0 Å². The van der Waals surface area contributed by atoms with E-state index in [0.29, 0.717) is 5.82 Å². The summed E-state index contributed by atoms with van der Waals surface area (Å²) in [7, 11) is 0. The number of allylic oxidation sites excluding steroid dienone is 1. The molecule has 0 atom stereocenters. The molecule has 6 aromatic heterocycles. The maximum atomic E-state index is 6.50. The molecule has 0 saturated heterocycles. The van der Waals surface area contributed by atoms with Crippen molar-refractivity contribution >= 4 is 84.0 Å². The van der Waals surface area contributed by atoms with Crippen LogP contribution in [-0.2, 0) is 0 Å². The third-order valence-electron chi connectivity index (χ3n) is 11.6. The molecule has 10 heteroatoms. The van der Waals surface area contributed by atoms with Gasteiger partial charge in [0, 0.05) is 86.3 Å². The Labute approximate surface area is 364 Å². The zero-order chi connectivity index (χ0) is 41.9. The number of aromatic nitrogens is 6. The van der Waals surface area contributed by atoms with Gasteiger partial charge >= 0.3 is 0 Å². The number of pyridine rings is 2. The molecule has 63 heavy (non-hydrogen) atoms. The molecule has 12 rings (SSSR count). The standard InChI is InChI=1S/C53H34N8OS/c54-23-7-28-59-63-50-14-4-3-10-38(50)34-16-20-45-43(30-34)52-47(13-6-25-56-52)61(45)36-18-22-49-41(32-36)40-31-35(17-21-48(40)62-49)60-44-19-15-33(29-42(44)51-46(60)12-5-24-55-51)37-9-1-2-11-39(37)53-57-26-8-27-58-53/h1-32H,54H2/b23-7-,59-28?. The minimum Gasteiger partial charge on any atom is -0.456 e. The molecule has 6 aromatic carbocycles. The van der Waals surface area contributed by atoms with E-state index in [4.69, 9.17) is 20.1 Å². The maximum Gasteiger partial charge on any atom is 0.159 e. The van der Waals surface area contributed by atoms with E-state index in [1.54, 1.807) is 24.7 Å². The number of benzene rings is 6. The first-order chi connectivity index (χ1) is 31.2. The van der Waals surface area contributed by atoms with Crippen LogP contribution in [0.4, 0.5) is 0 Å². The fourth-order valence-corrected chi connectivity index (χ4v) is 9.59. The van der Waals surface area contributed by atoms with Gasteiger partial charge in [0.2, 0.25) is 0 Å². The van der Waals surface area contributed by atoms with Crippen LogP contribution in [0.1, 0.15) is 0 Å². The average molecular weight is 831 g/mol. The maximum absolute atomic E-state index is 6.50. The van der Waals surface area contributed by atoms with Gasteiger partial charge in [-0.3, -0.25) is 9.97 Å². The summed E-state index contributed by atoms with van der Waals surface area (Å²) < 4.78 is 15.6. The van der Waals surface area contributed by atoms with Gasteiger partial charge in [-0.1, -0.05) is 54.6 Å². The lowest BCUT2D eigenvalue weighted by atomic mass is 9.98. The Balaban J connectivity index is 0.984. The molecule has 0 amide bonds. The van der Waals surface area contributed by atoms with E-state index in [-0.39, 0.29) is 0 Å². The Morgan fingerprint density at radius 2 is 1.05 bits per heavy atom. The molecule has 12 aromatic rings. The van der Waals surface area contributed by atoms with Crippen molar-refractivity contribution in [1.82, 2.24) is 29.1 Å². The summed E-state index contributed by atoms with van der Waals surface area (Å²) in [5, 5.41) is 4.18. The number of rotatable bonds is 8. The van der Waals surface area contributed by atoms with Gasteiger partial charge < -0.3 is 19.3 Å². The van der Waals surface area contributed by atoms with Crippen LogP contribution in [0.25, 0.3) is 111 Å². The quantitative estimate of drug-likeness (QED) is 0.120. The van der Waals surface area contributed by atoms with Crippen LogP contribution in [0.2, 0.25) is 0 Å². The van der Waals surface area contributed by atoms with Crippen LogP contribution >= 0.6 is 11.9 Å². The first-order valence-electron chi connectivity index (χ1n) is 20.5. The van der Waals surface area contributed by atoms with Crippen LogP contribution in [0, 0.1) is 0 Å². The second kappa shape index (κ2) is 15.0. The van der Waals surface area contributed by atoms with Crippen LogP contribution in [0.3, 0.4) is 0 Å².